The lowest BCUT2D eigenvalue weighted by atomic mass is 9.89. The summed E-state index contributed by atoms with van der Waals surface area (Å²) in [4.78, 5) is 18.4. The first-order chi connectivity index (χ1) is 12.7. The number of nitrogens with zero attached hydrogens (tertiary/aromatic N) is 3. The highest BCUT2D eigenvalue weighted by Gasteiger charge is 2.21. The number of likely N-dealkylation sites (N-methyl/N-ethyl adjacent to an activating group) is 1. The van der Waals surface area contributed by atoms with Crippen molar-refractivity contribution in [2.75, 3.05) is 20.1 Å². The van der Waals surface area contributed by atoms with Crippen LogP contribution >= 0.6 is 0 Å². The SMILES string of the molecule is CN(CCc1noc(C2CCCCC2)n1)C(=O)NCCc1ccccc1. The summed E-state index contributed by atoms with van der Waals surface area (Å²) in [5, 5.41) is 7.03. The highest BCUT2D eigenvalue weighted by atomic mass is 16.5. The molecule has 0 aliphatic heterocycles. The average Bonchev–Trinajstić information content (AvgIpc) is 3.16. The second-order valence-electron chi connectivity index (χ2n) is 7.02. The van der Waals surface area contributed by atoms with Gasteiger partial charge in [0.2, 0.25) is 5.89 Å². The number of hydrogen-bond acceptors (Lipinski definition) is 4. The Morgan fingerprint density at radius 2 is 1.96 bits per heavy atom. The molecular weight excluding hydrogens is 328 g/mol. The number of carbonyl (C=O) groups is 1. The second-order valence-corrected chi connectivity index (χ2v) is 7.02. The Morgan fingerprint density at radius 1 is 1.19 bits per heavy atom. The van der Waals surface area contributed by atoms with Crippen LogP contribution in [-0.2, 0) is 12.8 Å². The van der Waals surface area contributed by atoms with Gasteiger partial charge in [0.25, 0.3) is 0 Å². The molecule has 0 radical (unpaired) electrons. The van der Waals surface area contributed by atoms with Crippen LogP contribution in [0.3, 0.4) is 0 Å². The lowest BCUT2D eigenvalue weighted by Gasteiger charge is -2.17. The van der Waals surface area contributed by atoms with Crippen LogP contribution in [0.5, 0.6) is 0 Å². The molecule has 2 aromatic rings. The van der Waals surface area contributed by atoms with Crippen LogP contribution in [0, 0.1) is 0 Å². The van der Waals surface area contributed by atoms with Gasteiger partial charge in [-0.15, -0.1) is 0 Å². The maximum atomic E-state index is 12.2. The zero-order chi connectivity index (χ0) is 18.2. The predicted molar refractivity (Wildman–Crippen MR) is 100 cm³/mol. The van der Waals surface area contributed by atoms with Crippen LogP contribution in [0.15, 0.2) is 34.9 Å². The van der Waals surface area contributed by atoms with Gasteiger partial charge in [0.1, 0.15) is 0 Å². The van der Waals surface area contributed by atoms with Gasteiger partial charge < -0.3 is 14.7 Å². The minimum Gasteiger partial charge on any atom is -0.339 e. The minimum atomic E-state index is -0.0723. The summed E-state index contributed by atoms with van der Waals surface area (Å²) in [7, 11) is 1.79. The molecule has 0 spiro atoms. The van der Waals surface area contributed by atoms with Crippen molar-refractivity contribution in [3.05, 3.63) is 47.6 Å². The predicted octanol–water partition coefficient (Wildman–Crippen LogP) is 3.54. The minimum absolute atomic E-state index is 0.0723. The van der Waals surface area contributed by atoms with E-state index in [0.717, 1.165) is 25.2 Å². The molecule has 26 heavy (non-hydrogen) atoms. The Hall–Kier alpha value is -2.37. The Kier molecular flexibility index (Phi) is 6.63. The Bertz CT molecular complexity index is 680. The summed E-state index contributed by atoms with van der Waals surface area (Å²) in [6, 6.07) is 10.1. The van der Waals surface area contributed by atoms with Gasteiger partial charge in [-0.1, -0.05) is 54.8 Å². The van der Waals surface area contributed by atoms with Gasteiger partial charge in [0, 0.05) is 32.5 Å². The van der Waals surface area contributed by atoms with Gasteiger partial charge in [-0.05, 0) is 24.8 Å². The van der Waals surface area contributed by atoms with Crippen LogP contribution in [-0.4, -0.2) is 41.2 Å². The second kappa shape index (κ2) is 9.36. The summed E-state index contributed by atoms with van der Waals surface area (Å²) in [6.45, 7) is 1.20. The highest BCUT2D eigenvalue weighted by Crippen LogP contribution is 2.31. The van der Waals surface area contributed by atoms with E-state index in [2.05, 4.69) is 27.6 Å². The monoisotopic (exact) mass is 356 g/mol. The third-order valence-electron chi connectivity index (χ3n) is 4.99. The molecule has 1 aliphatic rings. The third kappa shape index (κ3) is 5.31. The lowest BCUT2D eigenvalue weighted by molar-refractivity contribution is 0.209. The quantitative estimate of drug-likeness (QED) is 0.824. The normalized spacial score (nSPS) is 15.0. The van der Waals surface area contributed by atoms with Gasteiger partial charge >= 0.3 is 6.03 Å². The third-order valence-corrected chi connectivity index (χ3v) is 4.99. The van der Waals surface area contributed by atoms with Gasteiger partial charge in [-0.25, -0.2) is 4.79 Å². The van der Waals surface area contributed by atoms with Crippen LogP contribution in [0.1, 0.15) is 55.3 Å². The van der Waals surface area contributed by atoms with Crippen LogP contribution in [0.25, 0.3) is 0 Å². The fourth-order valence-corrected chi connectivity index (χ4v) is 3.35. The Balaban J connectivity index is 1.38. The number of hydrogen-bond donors (Lipinski definition) is 1. The fourth-order valence-electron chi connectivity index (χ4n) is 3.35. The first-order valence-electron chi connectivity index (χ1n) is 9.58. The number of benzene rings is 1. The van der Waals surface area contributed by atoms with Crippen molar-refractivity contribution in [3.8, 4) is 0 Å². The van der Waals surface area contributed by atoms with Crippen molar-refractivity contribution in [2.24, 2.45) is 0 Å². The van der Waals surface area contributed by atoms with Crippen molar-refractivity contribution < 1.29 is 9.32 Å². The Morgan fingerprint density at radius 3 is 2.73 bits per heavy atom. The van der Waals surface area contributed by atoms with E-state index in [-0.39, 0.29) is 6.03 Å². The number of urea groups is 1. The fraction of sp³-hybridized carbons (Fsp3) is 0.550. The van der Waals surface area contributed by atoms with Crippen molar-refractivity contribution in [2.45, 2.75) is 50.9 Å². The molecule has 0 unspecified atom stereocenters. The van der Waals surface area contributed by atoms with Crippen LogP contribution in [0.4, 0.5) is 4.79 Å². The molecule has 0 saturated heterocycles. The van der Waals surface area contributed by atoms with Crippen LogP contribution in [0.2, 0.25) is 0 Å². The molecule has 0 atom stereocenters. The maximum absolute atomic E-state index is 12.2. The number of carbonyl (C=O) groups excluding carboxylic acids is 1. The molecule has 0 bridgehead atoms. The van der Waals surface area contributed by atoms with E-state index in [1.54, 1.807) is 11.9 Å². The van der Waals surface area contributed by atoms with Gasteiger partial charge in [0.05, 0.1) is 0 Å². The molecule has 1 N–H and O–H groups in total. The molecule has 6 heteroatoms. The molecule has 1 heterocycles. The number of amides is 2. The van der Waals surface area contributed by atoms with Gasteiger partial charge in [-0.3, -0.25) is 0 Å². The molecular formula is C20H28N4O2. The zero-order valence-corrected chi connectivity index (χ0v) is 15.5. The Labute approximate surface area is 155 Å². The van der Waals surface area contributed by atoms with E-state index in [1.807, 2.05) is 18.2 Å². The first-order valence-corrected chi connectivity index (χ1v) is 9.58. The first kappa shape index (κ1) is 18.4. The molecule has 140 valence electrons. The summed E-state index contributed by atoms with van der Waals surface area (Å²) in [5.41, 5.74) is 1.22. The standard InChI is InChI=1S/C20H28N4O2/c1-24(20(25)21-14-12-16-8-4-2-5-9-16)15-13-18-22-19(26-23-18)17-10-6-3-7-11-17/h2,4-5,8-9,17H,3,6-7,10-15H2,1H3,(H,21,25). The van der Waals surface area contributed by atoms with Gasteiger partial charge in [-0.2, -0.15) is 4.98 Å². The van der Waals surface area contributed by atoms with Gasteiger partial charge in [0.15, 0.2) is 5.82 Å². The topological polar surface area (TPSA) is 71.3 Å². The van der Waals surface area contributed by atoms with E-state index < -0.39 is 0 Å². The summed E-state index contributed by atoms with van der Waals surface area (Å²) >= 11 is 0. The molecule has 1 saturated carbocycles. The molecule has 1 aromatic heterocycles. The van der Waals surface area contributed by atoms with Crippen molar-refractivity contribution in [1.82, 2.24) is 20.4 Å². The molecule has 2 amide bonds. The van der Waals surface area contributed by atoms with E-state index in [9.17, 15) is 4.79 Å². The van der Waals surface area contributed by atoms with E-state index >= 15 is 0 Å². The van der Waals surface area contributed by atoms with Crippen molar-refractivity contribution in [1.29, 1.82) is 0 Å². The number of aromatic nitrogens is 2. The molecule has 3 rings (SSSR count). The molecule has 6 nitrogen and oxygen atoms in total. The lowest BCUT2D eigenvalue weighted by Crippen LogP contribution is -2.39. The highest BCUT2D eigenvalue weighted by molar-refractivity contribution is 5.73. The van der Waals surface area contributed by atoms with E-state index in [1.165, 1.54) is 24.8 Å². The summed E-state index contributed by atoms with van der Waals surface area (Å²) < 4.78 is 5.43. The smallest absolute Gasteiger partial charge is 0.317 e. The molecule has 1 aromatic carbocycles. The van der Waals surface area contributed by atoms with Crippen molar-refractivity contribution in [3.63, 3.8) is 0 Å². The average molecular weight is 356 g/mol. The molecule has 1 fully saturated rings. The van der Waals surface area contributed by atoms with E-state index in [4.69, 9.17) is 4.52 Å². The van der Waals surface area contributed by atoms with Crippen LogP contribution < -0.4 is 5.32 Å². The van der Waals surface area contributed by atoms with E-state index in [0.29, 0.717) is 31.3 Å². The van der Waals surface area contributed by atoms with Crippen molar-refractivity contribution >= 4 is 6.03 Å². The summed E-state index contributed by atoms with van der Waals surface area (Å²) in [6.07, 6.45) is 7.52. The zero-order valence-electron chi connectivity index (χ0n) is 15.5. The molecule has 1 aliphatic carbocycles. The number of rotatable bonds is 7. The number of nitrogens with one attached hydrogen (secondary N) is 1. The summed E-state index contributed by atoms with van der Waals surface area (Å²) in [5.74, 6) is 1.88. The largest absolute Gasteiger partial charge is 0.339 e. The maximum Gasteiger partial charge on any atom is 0.317 e.